The van der Waals surface area contributed by atoms with E-state index in [4.69, 9.17) is 5.73 Å². The number of amides is 2. The number of hydrogen-bond donors (Lipinski definition) is 2. The lowest BCUT2D eigenvalue weighted by Gasteiger charge is -2.21. The number of aromatic nitrogens is 1. The highest BCUT2D eigenvalue weighted by atomic mass is 32.2. The van der Waals surface area contributed by atoms with Gasteiger partial charge in [0, 0.05) is 16.5 Å². The quantitative estimate of drug-likeness (QED) is 0.471. The van der Waals surface area contributed by atoms with Crippen molar-refractivity contribution in [1.29, 1.82) is 0 Å². The fourth-order valence-corrected chi connectivity index (χ4v) is 5.49. The number of nitrogens with zero attached hydrogens (tertiary/aromatic N) is 2. The van der Waals surface area contributed by atoms with E-state index in [1.54, 1.807) is 47.8 Å². The first kappa shape index (κ1) is 21.8. The van der Waals surface area contributed by atoms with Crippen molar-refractivity contribution in [2.45, 2.75) is 9.79 Å². The number of nitrogens with one attached hydrogen (secondary N) is 1. The van der Waals surface area contributed by atoms with E-state index in [2.05, 4.69) is 10.3 Å². The Morgan fingerprint density at radius 1 is 1.10 bits per heavy atom. The van der Waals surface area contributed by atoms with Crippen LogP contribution in [0.15, 0.2) is 76.0 Å². The highest BCUT2D eigenvalue weighted by molar-refractivity contribution is 8.00. The predicted octanol–water partition coefficient (Wildman–Crippen LogP) is 2.55. The van der Waals surface area contributed by atoms with Crippen LogP contribution in [0.3, 0.4) is 0 Å². The molecule has 3 aromatic rings. The van der Waals surface area contributed by atoms with Crippen LogP contribution in [0.5, 0.6) is 0 Å². The molecule has 3 N–H and O–H groups in total. The van der Waals surface area contributed by atoms with Crippen molar-refractivity contribution in [3.8, 4) is 0 Å². The number of sulfonamides is 1. The number of benzene rings is 2. The predicted molar refractivity (Wildman–Crippen MR) is 118 cm³/mol. The molecule has 0 spiro atoms. The Morgan fingerprint density at radius 3 is 2.47 bits per heavy atom. The normalized spacial score (nSPS) is 11.1. The molecule has 0 unspecified atom stereocenters. The lowest BCUT2D eigenvalue weighted by molar-refractivity contribution is -0.116. The summed E-state index contributed by atoms with van der Waals surface area (Å²) in [6.45, 7) is -0.459. The zero-order chi connectivity index (χ0) is 21.6. The Morgan fingerprint density at radius 2 is 1.80 bits per heavy atom. The van der Waals surface area contributed by atoms with E-state index in [1.807, 2.05) is 0 Å². The van der Waals surface area contributed by atoms with E-state index in [9.17, 15) is 18.0 Å². The molecule has 156 valence electrons. The number of thioether (sulfide) groups is 1. The number of nitrogens with two attached hydrogens (primary N) is 1. The lowest BCUT2D eigenvalue weighted by Crippen LogP contribution is -2.38. The van der Waals surface area contributed by atoms with Gasteiger partial charge in [0.1, 0.15) is 6.54 Å². The van der Waals surface area contributed by atoms with E-state index in [-0.39, 0.29) is 15.8 Å². The Balaban J connectivity index is 1.83. The summed E-state index contributed by atoms with van der Waals surface area (Å²) < 4.78 is 27.2. The van der Waals surface area contributed by atoms with E-state index in [0.29, 0.717) is 10.6 Å². The van der Waals surface area contributed by atoms with E-state index < -0.39 is 28.4 Å². The number of anilines is 2. The van der Waals surface area contributed by atoms with Gasteiger partial charge >= 0.3 is 0 Å². The van der Waals surface area contributed by atoms with Gasteiger partial charge in [-0.1, -0.05) is 30.3 Å². The number of carbonyl (C=O) groups excluding carboxylic acids is 2. The number of para-hydroxylation sites is 1. The van der Waals surface area contributed by atoms with Gasteiger partial charge in [0.25, 0.3) is 10.0 Å². The van der Waals surface area contributed by atoms with Gasteiger partial charge in [-0.2, -0.15) is 0 Å². The first-order chi connectivity index (χ1) is 14.4. The molecule has 1 aromatic heterocycles. The van der Waals surface area contributed by atoms with Crippen LogP contribution < -0.4 is 15.4 Å². The zero-order valence-corrected chi connectivity index (χ0v) is 18.0. The maximum absolute atomic E-state index is 13.1. The minimum Gasteiger partial charge on any atom is -0.369 e. The topological polar surface area (TPSA) is 122 Å². The Kier molecular flexibility index (Phi) is 7.08. The summed E-state index contributed by atoms with van der Waals surface area (Å²) in [5.41, 5.74) is 5.65. The zero-order valence-electron chi connectivity index (χ0n) is 15.6. The summed E-state index contributed by atoms with van der Waals surface area (Å²) >= 11 is 2.30. The van der Waals surface area contributed by atoms with Gasteiger partial charge in [-0.15, -0.1) is 23.1 Å². The molecule has 8 nitrogen and oxygen atoms in total. The van der Waals surface area contributed by atoms with Gasteiger partial charge in [-0.25, -0.2) is 17.7 Å². The van der Waals surface area contributed by atoms with Crippen LogP contribution in [0.25, 0.3) is 0 Å². The average Bonchev–Trinajstić information content (AvgIpc) is 3.26. The smallest absolute Gasteiger partial charge is 0.266 e. The highest BCUT2D eigenvalue weighted by Crippen LogP contribution is 2.28. The molecule has 11 heteroatoms. The average molecular weight is 463 g/mol. The van der Waals surface area contributed by atoms with E-state index in [1.165, 1.54) is 30.1 Å². The minimum absolute atomic E-state index is 0.0561. The van der Waals surface area contributed by atoms with E-state index in [0.717, 1.165) is 15.6 Å². The van der Waals surface area contributed by atoms with Crippen LogP contribution in [0, 0.1) is 0 Å². The monoisotopic (exact) mass is 462 g/mol. The van der Waals surface area contributed by atoms with Gasteiger partial charge < -0.3 is 11.1 Å². The second-order valence-electron chi connectivity index (χ2n) is 5.94. The van der Waals surface area contributed by atoms with Crippen molar-refractivity contribution < 1.29 is 18.0 Å². The van der Waals surface area contributed by atoms with Crippen molar-refractivity contribution in [3.05, 3.63) is 66.2 Å². The standard InChI is InChI=1S/C19H18N4O4S3/c20-17(24)13-29-16-9-5-4-8-15(16)22-18(25)12-23(19-21-10-11-28-19)30(26,27)14-6-2-1-3-7-14/h1-11H,12-13H2,(H2,20,24)(H,22,25). The Hall–Kier alpha value is -2.89. The van der Waals surface area contributed by atoms with Crippen molar-refractivity contribution in [2.75, 3.05) is 21.9 Å². The molecule has 30 heavy (non-hydrogen) atoms. The molecule has 0 fully saturated rings. The number of thiazole rings is 1. The fraction of sp³-hybridized carbons (Fsp3) is 0.105. The van der Waals surface area contributed by atoms with Crippen LogP contribution in [0.2, 0.25) is 0 Å². The molecule has 0 aliphatic carbocycles. The third-order valence-corrected chi connectivity index (χ3v) is 7.54. The molecule has 0 aliphatic rings. The molecule has 0 saturated heterocycles. The summed E-state index contributed by atoms with van der Waals surface area (Å²) in [5.74, 6) is -0.970. The van der Waals surface area contributed by atoms with E-state index >= 15 is 0 Å². The fourth-order valence-electron chi connectivity index (χ4n) is 2.48. The molecule has 0 saturated carbocycles. The number of hydrogen-bond acceptors (Lipinski definition) is 7. The van der Waals surface area contributed by atoms with Crippen LogP contribution >= 0.6 is 23.1 Å². The molecule has 0 radical (unpaired) electrons. The summed E-state index contributed by atoms with van der Waals surface area (Å²) in [7, 11) is -3.99. The molecule has 1 heterocycles. The van der Waals surface area contributed by atoms with Gasteiger partial charge in [0.2, 0.25) is 11.8 Å². The van der Waals surface area contributed by atoms with Crippen molar-refractivity contribution >= 4 is 55.8 Å². The second kappa shape index (κ2) is 9.74. The van der Waals surface area contributed by atoms with Crippen LogP contribution in [0.1, 0.15) is 0 Å². The SMILES string of the molecule is NC(=O)CSc1ccccc1NC(=O)CN(c1nccs1)S(=O)(=O)c1ccccc1. The summed E-state index contributed by atoms with van der Waals surface area (Å²) in [5, 5.41) is 4.53. The first-order valence-corrected chi connectivity index (χ1v) is 12.0. The largest absolute Gasteiger partial charge is 0.369 e. The van der Waals surface area contributed by atoms with Gasteiger partial charge in [-0.3, -0.25) is 9.59 Å². The third kappa shape index (κ3) is 5.38. The van der Waals surface area contributed by atoms with Crippen LogP contribution in [-0.2, 0) is 19.6 Å². The van der Waals surface area contributed by atoms with Crippen molar-refractivity contribution in [2.24, 2.45) is 5.73 Å². The van der Waals surface area contributed by atoms with Crippen molar-refractivity contribution in [1.82, 2.24) is 4.98 Å². The number of carbonyl (C=O) groups is 2. The molecule has 2 aromatic carbocycles. The van der Waals surface area contributed by atoms with Gasteiger partial charge in [-0.05, 0) is 24.3 Å². The number of rotatable bonds is 9. The maximum Gasteiger partial charge on any atom is 0.266 e. The number of primary amides is 1. The highest BCUT2D eigenvalue weighted by Gasteiger charge is 2.29. The summed E-state index contributed by atoms with van der Waals surface area (Å²) in [6.07, 6.45) is 1.47. The van der Waals surface area contributed by atoms with Crippen LogP contribution in [-0.4, -0.2) is 37.5 Å². The molecule has 2 amide bonds. The first-order valence-electron chi connectivity index (χ1n) is 8.65. The second-order valence-corrected chi connectivity index (χ2v) is 9.69. The molecule has 0 bridgehead atoms. The maximum atomic E-state index is 13.1. The lowest BCUT2D eigenvalue weighted by atomic mass is 10.3. The molecule has 0 atom stereocenters. The molecular weight excluding hydrogens is 444 g/mol. The third-order valence-electron chi connectivity index (χ3n) is 3.78. The van der Waals surface area contributed by atoms with Crippen LogP contribution in [0.4, 0.5) is 10.8 Å². The minimum atomic E-state index is -3.99. The van der Waals surface area contributed by atoms with Gasteiger partial charge in [0.05, 0.1) is 16.3 Å². The molecule has 0 aliphatic heterocycles. The Bertz CT molecular complexity index is 1120. The summed E-state index contributed by atoms with van der Waals surface area (Å²) in [6, 6.07) is 14.7. The van der Waals surface area contributed by atoms with Crippen molar-refractivity contribution in [3.63, 3.8) is 0 Å². The van der Waals surface area contributed by atoms with Gasteiger partial charge in [0.15, 0.2) is 5.13 Å². The molecular formula is C19H18N4O4S3. The Labute approximate surface area is 182 Å². The molecule has 3 rings (SSSR count). The summed E-state index contributed by atoms with van der Waals surface area (Å²) in [4.78, 5) is 28.6.